The van der Waals surface area contributed by atoms with Crippen LogP contribution in [-0.4, -0.2) is 41.5 Å². The number of carbonyl (C=O) groups excluding carboxylic acids is 2. The van der Waals surface area contributed by atoms with E-state index in [-0.39, 0.29) is 11.3 Å². The summed E-state index contributed by atoms with van der Waals surface area (Å²) in [4.78, 5) is 27.5. The molecule has 0 aliphatic carbocycles. The molecule has 1 amide bonds. The SMILES string of the molecule is CCCCN1C(=O)C(=O)/C(=C(\O)c2ccc(OCCC)cc2)C1c1cccc(OCC)c1. The van der Waals surface area contributed by atoms with Crippen LogP contribution in [0.5, 0.6) is 11.5 Å². The number of likely N-dealkylation sites (tertiary alicyclic amines) is 1. The Hall–Kier alpha value is -3.28. The largest absolute Gasteiger partial charge is 0.507 e. The van der Waals surface area contributed by atoms with Crippen molar-refractivity contribution in [1.82, 2.24) is 4.90 Å². The zero-order chi connectivity index (χ0) is 23.1. The van der Waals surface area contributed by atoms with Crippen molar-refractivity contribution in [2.75, 3.05) is 19.8 Å². The van der Waals surface area contributed by atoms with Crippen LogP contribution >= 0.6 is 0 Å². The first-order valence-electron chi connectivity index (χ1n) is 11.3. The summed E-state index contributed by atoms with van der Waals surface area (Å²) >= 11 is 0. The van der Waals surface area contributed by atoms with E-state index in [1.807, 2.05) is 45.0 Å². The highest BCUT2D eigenvalue weighted by atomic mass is 16.5. The van der Waals surface area contributed by atoms with E-state index >= 15 is 0 Å². The maximum absolute atomic E-state index is 13.0. The fraction of sp³-hybridized carbons (Fsp3) is 0.385. The fourth-order valence-corrected chi connectivity index (χ4v) is 3.81. The van der Waals surface area contributed by atoms with Crippen LogP contribution in [0.3, 0.4) is 0 Å². The molecule has 0 radical (unpaired) electrons. The molecule has 3 rings (SSSR count). The van der Waals surface area contributed by atoms with Crippen LogP contribution in [0.4, 0.5) is 0 Å². The Morgan fingerprint density at radius 2 is 1.72 bits per heavy atom. The molecule has 1 aliphatic rings. The molecule has 1 atom stereocenters. The summed E-state index contributed by atoms with van der Waals surface area (Å²) in [6, 6.07) is 13.6. The maximum Gasteiger partial charge on any atom is 0.295 e. The second-order valence-electron chi connectivity index (χ2n) is 7.72. The van der Waals surface area contributed by atoms with Gasteiger partial charge < -0.3 is 19.5 Å². The second kappa shape index (κ2) is 10.8. The number of hydrogen-bond donors (Lipinski definition) is 1. The lowest BCUT2D eigenvalue weighted by molar-refractivity contribution is -0.139. The molecule has 6 heteroatoms. The van der Waals surface area contributed by atoms with Gasteiger partial charge in [-0.1, -0.05) is 32.4 Å². The van der Waals surface area contributed by atoms with Crippen molar-refractivity contribution in [3.8, 4) is 11.5 Å². The minimum atomic E-state index is -0.670. The van der Waals surface area contributed by atoms with Gasteiger partial charge in [-0.3, -0.25) is 9.59 Å². The average molecular weight is 438 g/mol. The molecular formula is C26H31NO5. The highest BCUT2D eigenvalue weighted by Gasteiger charge is 2.45. The fourth-order valence-electron chi connectivity index (χ4n) is 3.81. The van der Waals surface area contributed by atoms with Gasteiger partial charge in [0.15, 0.2) is 0 Å². The zero-order valence-corrected chi connectivity index (χ0v) is 19.0. The summed E-state index contributed by atoms with van der Waals surface area (Å²) in [5, 5.41) is 11.1. The quantitative estimate of drug-likeness (QED) is 0.318. The predicted molar refractivity (Wildman–Crippen MR) is 124 cm³/mol. The summed E-state index contributed by atoms with van der Waals surface area (Å²) in [5.41, 5.74) is 1.30. The average Bonchev–Trinajstić information content (AvgIpc) is 3.06. The molecule has 6 nitrogen and oxygen atoms in total. The van der Waals surface area contributed by atoms with Gasteiger partial charge in [-0.25, -0.2) is 0 Å². The molecule has 1 heterocycles. The third-order valence-electron chi connectivity index (χ3n) is 5.38. The van der Waals surface area contributed by atoms with Crippen molar-refractivity contribution in [3.05, 3.63) is 65.2 Å². The summed E-state index contributed by atoms with van der Waals surface area (Å²) in [6.45, 7) is 7.50. The van der Waals surface area contributed by atoms with Crippen molar-refractivity contribution in [1.29, 1.82) is 0 Å². The van der Waals surface area contributed by atoms with E-state index in [9.17, 15) is 14.7 Å². The van der Waals surface area contributed by atoms with Crippen LogP contribution in [0.15, 0.2) is 54.1 Å². The standard InChI is InChI=1S/C26H31NO5/c1-4-7-15-27-23(19-9-8-10-21(17-19)31-6-3)22(25(29)26(27)30)24(28)18-11-13-20(14-12-18)32-16-5-2/h8-14,17,23,28H,4-7,15-16H2,1-3H3/b24-22-. The molecule has 170 valence electrons. The molecule has 0 aromatic heterocycles. The first kappa shape index (κ1) is 23.4. The lowest BCUT2D eigenvalue weighted by Gasteiger charge is -2.25. The summed E-state index contributed by atoms with van der Waals surface area (Å²) < 4.78 is 11.2. The van der Waals surface area contributed by atoms with Gasteiger partial charge in [0, 0.05) is 12.1 Å². The molecule has 1 aliphatic heterocycles. The number of benzene rings is 2. The zero-order valence-electron chi connectivity index (χ0n) is 19.0. The number of aliphatic hydroxyl groups is 1. The van der Waals surface area contributed by atoms with E-state index in [2.05, 4.69) is 0 Å². The molecule has 2 aromatic carbocycles. The van der Waals surface area contributed by atoms with Gasteiger partial charge in [-0.15, -0.1) is 0 Å². The van der Waals surface area contributed by atoms with Gasteiger partial charge in [-0.05, 0) is 61.7 Å². The predicted octanol–water partition coefficient (Wildman–Crippen LogP) is 5.10. The van der Waals surface area contributed by atoms with Gasteiger partial charge in [0.2, 0.25) is 0 Å². The molecular weight excluding hydrogens is 406 g/mol. The van der Waals surface area contributed by atoms with E-state index in [0.717, 1.165) is 24.8 Å². The first-order valence-corrected chi connectivity index (χ1v) is 11.3. The van der Waals surface area contributed by atoms with Crippen LogP contribution in [-0.2, 0) is 9.59 Å². The minimum Gasteiger partial charge on any atom is -0.507 e. The highest BCUT2D eigenvalue weighted by Crippen LogP contribution is 2.40. The number of carbonyl (C=O) groups is 2. The Morgan fingerprint density at radius 1 is 0.969 bits per heavy atom. The topological polar surface area (TPSA) is 76.1 Å². The normalized spacial score (nSPS) is 17.6. The van der Waals surface area contributed by atoms with E-state index in [1.54, 1.807) is 29.2 Å². The Balaban J connectivity index is 2.06. The smallest absolute Gasteiger partial charge is 0.295 e. The number of rotatable bonds is 10. The molecule has 1 N–H and O–H groups in total. The van der Waals surface area contributed by atoms with E-state index < -0.39 is 17.7 Å². The molecule has 0 saturated carbocycles. The van der Waals surface area contributed by atoms with E-state index in [1.165, 1.54) is 0 Å². The van der Waals surface area contributed by atoms with Crippen LogP contribution in [0.25, 0.3) is 5.76 Å². The number of aliphatic hydroxyl groups excluding tert-OH is 1. The number of ether oxygens (including phenoxy) is 2. The van der Waals surface area contributed by atoms with E-state index in [4.69, 9.17) is 9.47 Å². The number of ketones is 1. The second-order valence-corrected chi connectivity index (χ2v) is 7.72. The van der Waals surface area contributed by atoms with Crippen LogP contribution < -0.4 is 9.47 Å². The molecule has 1 unspecified atom stereocenters. The Kier molecular flexibility index (Phi) is 7.92. The van der Waals surface area contributed by atoms with Gasteiger partial charge in [0.25, 0.3) is 11.7 Å². The van der Waals surface area contributed by atoms with E-state index in [0.29, 0.717) is 36.8 Å². The third kappa shape index (κ3) is 4.96. The maximum atomic E-state index is 13.0. The third-order valence-corrected chi connectivity index (χ3v) is 5.38. The Morgan fingerprint density at radius 3 is 2.38 bits per heavy atom. The number of nitrogens with zero attached hydrogens (tertiary/aromatic N) is 1. The summed E-state index contributed by atoms with van der Waals surface area (Å²) in [6.07, 6.45) is 2.54. The lowest BCUT2D eigenvalue weighted by atomic mass is 9.95. The highest BCUT2D eigenvalue weighted by molar-refractivity contribution is 6.46. The van der Waals surface area contributed by atoms with Gasteiger partial charge in [0.1, 0.15) is 17.3 Å². The summed E-state index contributed by atoms with van der Waals surface area (Å²) in [7, 11) is 0. The van der Waals surface area contributed by atoms with Crippen LogP contribution in [0.1, 0.15) is 57.2 Å². The van der Waals surface area contributed by atoms with Crippen LogP contribution in [0.2, 0.25) is 0 Å². The van der Waals surface area contributed by atoms with Gasteiger partial charge in [0.05, 0.1) is 24.8 Å². The first-order chi connectivity index (χ1) is 15.5. The van der Waals surface area contributed by atoms with Crippen molar-refractivity contribution in [2.24, 2.45) is 0 Å². The minimum absolute atomic E-state index is 0.0991. The molecule has 1 fully saturated rings. The van der Waals surface area contributed by atoms with Gasteiger partial charge >= 0.3 is 0 Å². The van der Waals surface area contributed by atoms with Crippen LogP contribution in [0, 0.1) is 0 Å². The molecule has 0 spiro atoms. The van der Waals surface area contributed by atoms with Crippen molar-refractivity contribution in [2.45, 2.75) is 46.1 Å². The van der Waals surface area contributed by atoms with Gasteiger partial charge in [-0.2, -0.15) is 0 Å². The molecule has 32 heavy (non-hydrogen) atoms. The number of unbranched alkanes of at least 4 members (excludes halogenated alkanes) is 1. The summed E-state index contributed by atoms with van der Waals surface area (Å²) in [5.74, 6) is -0.0982. The van der Waals surface area contributed by atoms with Crippen molar-refractivity contribution >= 4 is 17.4 Å². The molecule has 2 aromatic rings. The number of amides is 1. The number of Topliss-reactive ketones (excluding diaryl/α,β-unsaturated/α-hetero) is 1. The molecule has 0 bridgehead atoms. The Bertz CT molecular complexity index is 980. The lowest BCUT2D eigenvalue weighted by Crippen LogP contribution is -2.30. The molecule has 1 saturated heterocycles. The Labute approximate surface area is 189 Å². The number of hydrogen-bond acceptors (Lipinski definition) is 5. The monoisotopic (exact) mass is 437 g/mol. The van der Waals surface area contributed by atoms with Crippen molar-refractivity contribution < 1.29 is 24.2 Å². The van der Waals surface area contributed by atoms with Crippen molar-refractivity contribution in [3.63, 3.8) is 0 Å².